The summed E-state index contributed by atoms with van der Waals surface area (Å²) < 4.78 is 19.0. The SMILES string of the molecule is OCC#Cc1cc(COCc2ccccc2)ccc1F. The van der Waals surface area contributed by atoms with E-state index in [0.717, 1.165) is 11.1 Å². The molecule has 2 nitrogen and oxygen atoms in total. The van der Waals surface area contributed by atoms with Crippen LogP contribution in [0.2, 0.25) is 0 Å². The number of hydrogen-bond acceptors (Lipinski definition) is 2. The van der Waals surface area contributed by atoms with Crippen LogP contribution < -0.4 is 0 Å². The van der Waals surface area contributed by atoms with Gasteiger partial charge in [-0.25, -0.2) is 4.39 Å². The van der Waals surface area contributed by atoms with E-state index in [0.29, 0.717) is 13.2 Å². The van der Waals surface area contributed by atoms with Crippen molar-refractivity contribution in [2.75, 3.05) is 6.61 Å². The quantitative estimate of drug-likeness (QED) is 0.866. The maximum absolute atomic E-state index is 13.5. The number of hydrogen-bond donors (Lipinski definition) is 1. The van der Waals surface area contributed by atoms with Crippen LogP contribution in [0.5, 0.6) is 0 Å². The Morgan fingerprint density at radius 3 is 2.50 bits per heavy atom. The van der Waals surface area contributed by atoms with Crippen LogP contribution >= 0.6 is 0 Å². The second-order valence-corrected chi connectivity index (χ2v) is 4.25. The van der Waals surface area contributed by atoms with Gasteiger partial charge in [0.15, 0.2) is 0 Å². The third kappa shape index (κ3) is 4.20. The standard InChI is InChI=1S/C17H15FO2/c18-17-9-8-15(11-16(17)7-4-10-19)13-20-12-14-5-2-1-3-6-14/h1-3,5-6,8-9,11,19H,10,12-13H2. The van der Waals surface area contributed by atoms with Crippen molar-refractivity contribution in [2.45, 2.75) is 13.2 Å². The van der Waals surface area contributed by atoms with Gasteiger partial charge in [0.2, 0.25) is 0 Å². The molecular formula is C17H15FO2. The molecule has 20 heavy (non-hydrogen) atoms. The molecule has 0 aliphatic rings. The van der Waals surface area contributed by atoms with E-state index in [1.54, 1.807) is 12.1 Å². The molecule has 3 heteroatoms. The Kier molecular flexibility index (Phi) is 5.31. The molecule has 0 saturated heterocycles. The summed E-state index contributed by atoms with van der Waals surface area (Å²) in [6.45, 7) is 0.618. The molecule has 0 fully saturated rings. The first-order valence-electron chi connectivity index (χ1n) is 6.29. The van der Waals surface area contributed by atoms with Crippen LogP contribution in [-0.2, 0) is 18.0 Å². The minimum Gasteiger partial charge on any atom is -0.384 e. The number of rotatable bonds is 4. The van der Waals surface area contributed by atoms with Crippen LogP contribution in [0.25, 0.3) is 0 Å². The Morgan fingerprint density at radius 1 is 1.00 bits per heavy atom. The summed E-state index contributed by atoms with van der Waals surface area (Å²) in [4.78, 5) is 0. The minimum absolute atomic E-state index is 0.278. The third-order valence-electron chi connectivity index (χ3n) is 2.71. The molecule has 0 spiro atoms. The van der Waals surface area contributed by atoms with E-state index in [2.05, 4.69) is 11.8 Å². The van der Waals surface area contributed by atoms with Gasteiger partial charge < -0.3 is 9.84 Å². The summed E-state index contributed by atoms with van der Waals surface area (Å²) >= 11 is 0. The third-order valence-corrected chi connectivity index (χ3v) is 2.71. The van der Waals surface area contributed by atoms with Gasteiger partial charge >= 0.3 is 0 Å². The van der Waals surface area contributed by atoms with Crippen molar-refractivity contribution >= 4 is 0 Å². The smallest absolute Gasteiger partial charge is 0.138 e. The summed E-state index contributed by atoms with van der Waals surface area (Å²) in [7, 11) is 0. The summed E-state index contributed by atoms with van der Waals surface area (Å²) in [6.07, 6.45) is 0. The van der Waals surface area contributed by atoms with Crippen LogP contribution in [0.15, 0.2) is 48.5 Å². The van der Waals surface area contributed by atoms with E-state index in [-0.39, 0.29) is 12.2 Å². The molecule has 0 aliphatic carbocycles. The Labute approximate surface area is 117 Å². The molecule has 2 rings (SSSR count). The van der Waals surface area contributed by atoms with Crippen molar-refractivity contribution in [3.05, 3.63) is 71.0 Å². The fraction of sp³-hybridized carbons (Fsp3) is 0.176. The van der Waals surface area contributed by atoms with Gasteiger partial charge in [0.1, 0.15) is 12.4 Å². The van der Waals surface area contributed by atoms with Crippen molar-refractivity contribution in [3.63, 3.8) is 0 Å². The Bertz CT molecular complexity index is 612. The molecule has 0 amide bonds. The van der Waals surface area contributed by atoms with E-state index in [4.69, 9.17) is 9.84 Å². The fourth-order valence-corrected chi connectivity index (χ4v) is 1.75. The van der Waals surface area contributed by atoms with Crippen molar-refractivity contribution in [3.8, 4) is 11.8 Å². The lowest BCUT2D eigenvalue weighted by Gasteiger charge is -2.05. The highest BCUT2D eigenvalue weighted by Crippen LogP contribution is 2.11. The van der Waals surface area contributed by atoms with Gasteiger partial charge in [-0.2, -0.15) is 0 Å². The van der Waals surface area contributed by atoms with E-state index >= 15 is 0 Å². The normalized spacial score (nSPS) is 9.90. The lowest BCUT2D eigenvalue weighted by Crippen LogP contribution is -1.96. The Hall–Kier alpha value is -2.15. The van der Waals surface area contributed by atoms with Crippen molar-refractivity contribution in [1.29, 1.82) is 0 Å². The molecule has 0 unspecified atom stereocenters. The van der Waals surface area contributed by atoms with Gasteiger partial charge in [-0.15, -0.1) is 0 Å². The number of aliphatic hydroxyl groups is 1. The summed E-state index contributed by atoms with van der Waals surface area (Å²) in [5, 5.41) is 8.63. The van der Waals surface area contributed by atoms with Crippen LogP contribution in [0.4, 0.5) is 4.39 Å². The zero-order valence-electron chi connectivity index (χ0n) is 11.0. The molecule has 2 aromatic carbocycles. The van der Waals surface area contributed by atoms with E-state index in [1.165, 1.54) is 6.07 Å². The van der Waals surface area contributed by atoms with Gasteiger partial charge in [-0.1, -0.05) is 48.2 Å². The van der Waals surface area contributed by atoms with E-state index in [9.17, 15) is 4.39 Å². The number of benzene rings is 2. The summed E-state index contributed by atoms with van der Waals surface area (Å²) in [5.74, 6) is 4.63. The van der Waals surface area contributed by atoms with Crippen LogP contribution in [0, 0.1) is 17.7 Å². The molecule has 0 radical (unpaired) electrons. The van der Waals surface area contributed by atoms with Gasteiger partial charge in [0.25, 0.3) is 0 Å². The van der Waals surface area contributed by atoms with Crippen molar-refractivity contribution in [2.24, 2.45) is 0 Å². The van der Waals surface area contributed by atoms with Crippen LogP contribution in [0.3, 0.4) is 0 Å². The molecule has 0 aliphatic heterocycles. The zero-order chi connectivity index (χ0) is 14.2. The largest absolute Gasteiger partial charge is 0.384 e. The first-order valence-corrected chi connectivity index (χ1v) is 6.29. The highest BCUT2D eigenvalue weighted by Gasteiger charge is 2.01. The molecule has 2 aromatic rings. The summed E-state index contributed by atoms with van der Waals surface area (Å²) in [6, 6.07) is 14.5. The highest BCUT2D eigenvalue weighted by atomic mass is 19.1. The van der Waals surface area contributed by atoms with Crippen LogP contribution in [0.1, 0.15) is 16.7 Å². The minimum atomic E-state index is -0.391. The Balaban J connectivity index is 1.96. The molecule has 0 heterocycles. The zero-order valence-corrected chi connectivity index (χ0v) is 11.0. The maximum atomic E-state index is 13.5. The average Bonchev–Trinajstić information content (AvgIpc) is 2.49. The lowest BCUT2D eigenvalue weighted by molar-refractivity contribution is 0.107. The fourth-order valence-electron chi connectivity index (χ4n) is 1.75. The number of ether oxygens (including phenoxy) is 1. The topological polar surface area (TPSA) is 29.5 Å². The number of halogens is 1. The first-order chi connectivity index (χ1) is 9.79. The lowest BCUT2D eigenvalue weighted by atomic mass is 10.1. The monoisotopic (exact) mass is 270 g/mol. The van der Waals surface area contributed by atoms with Gasteiger partial charge in [0, 0.05) is 0 Å². The predicted molar refractivity (Wildman–Crippen MR) is 75.3 cm³/mol. The molecule has 0 saturated carbocycles. The maximum Gasteiger partial charge on any atom is 0.138 e. The second kappa shape index (κ2) is 7.44. The second-order valence-electron chi connectivity index (χ2n) is 4.25. The van der Waals surface area contributed by atoms with Crippen molar-refractivity contribution < 1.29 is 14.2 Å². The van der Waals surface area contributed by atoms with Gasteiger partial charge in [-0.3, -0.25) is 0 Å². The molecule has 0 bridgehead atoms. The van der Waals surface area contributed by atoms with E-state index in [1.807, 2.05) is 30.3 Å². The van der Waals surface area contributed by atoms with Crippen molar-refractivity contribution in [1.82, 2.24) is 0 Å². The molecule has 0 aromatic heterocycles. The van der Waals surface area contributed by atoms with Crippen LogP contribution in [-0.4, -0.2) is 11.7 Å². The average molecular weight is 270 g/mol. The van der Waals surface area contributed by atoms with Gasteiger partial charge in [-0.05, 0) is 23.3 Å². The molecule has 0 atom stereocenters. The molecular weight excluding hydrogens is 255 g/mol. The molecule has 102 valence electrons. The molecule has 1 N–H and O–H groups in total. The Morgan fingerprint density at radius 2 is 1.75 bits per heavy atom. The summed E-state index contributed by atoms with van der Waals surface area (Å²) in [5.41, 5.74) is 2.22. The van der Waals surface area contributed by atoms with E-state index < -0.39 is 5.82 Å². The number of aliphatic hydroxyl groups excluding tert-OH is 1. The highest BCUT2D eigenvalue weighted by molar-refractivity contribution is 5.38. The first kappa shape index (κ1) is 14.3. The predicted octanol–water partition coefficient (Wildman–Crippen LogP) is 2.89. The van der Waals surface area contributed by atoms with Gasteiger partial charge in [0.05, 0.1) is 18.8 Å².